The summed E-state index contributed by atoms with van der Waals surface area (Å²) in [6.07, 6.45) is 3.28. The van der Waals surface area contributed by atoms with Crippen LogP contribution in [-0.2, 0) is 16.0 Å². The van der Waals surface area contributed by atoms with Crippen LogP contribution in [0.5, 0.6) is 0 Å². The van der Waals surface area contributed by atoms with E-state index in [9.17, 15) is 9.59 Å². The van der Waals surface area contributed by atoms with Crippen LogP contribution in [0.3, 0.4) is 0 Å². The number of aromatic nitrogens is 1. The second-order valence-electron chi connectivity index (χ2n) is 6.00. The third-order valence-electron chi connectivity index (χ3n) is 4.42. The fourth-order valence-electron chi connectivity index (χ4n) is 3.07. The normalized spacial score (nSPS) is 21.2. The van der Waals surface area contributed by atoms with Gasteiger partial charge in [0.2, 0.25) is 5.91 Å². The zero-order valence-corrected chi connectivity index (χ0v) is 13.6. The number of carbonyl (C=O) groups excluding carboxylic acids is 1. The van der Waals surface area contributed by atoms with Gasteiger partial charge in [-0.05, 0) is 37.8 Å². The molecule has 6 heteroatoms. The molecule has 2 aromatic rings. The van der Waals surface area contributed by atoms with Crippen molar-refractivity contribution in [1.82, 2.24) is 10.3 Å². The zero-order valence-electron chi connectivity index (χ0n) is 12.8. The predicted octanol–water partition coefficient (Wildman–Crippen LogP) is 2.85. The number of nitrogens with one attached hydrogen (secondary N) is 1. The summed E-state index contributed by atoms with van der Waals surface area (Å²) in [5.41, 5.74) is 1.01. The molecule has 0 radical (unpaired) electrons. The molecule has 0 atom stereocenters. The van der Waals surface area contributed by atoms with Crippen LogP contribution < -0.4 is 5.32 Å². The minimum atomic E-state index is -0.736. The minimum absolute atomic E-state index is 0.0408. The Morgan fingerprint density at radius 3 is 2.57 bits per heavy atom. The molecule has 1 fully saturated rings. The maximum Gasteiger partial charge on any atom is 0.306 e. The molecule has 3 rings (SSSR count). The minimum Gasteiger partial charge on any atom is -0.481 e. The van der Waals surface area contributed by atoms with E-state index in [0.717, 1.165) is 16.9 Å². The molecule has 0 bridgehead atoms. The molecule has 2 N–H and O–H groups in total. The van der Waals surface area contributed by atoms with Crippen LogP contribution in [0, 0.1) is 11.8 Å². The number of aliphatic carboxylic acids is 1. The van der Waals surface area contributed by atoms with Crippen molar-refractivity contribution < 1.29 is 14.7 Å². The largest absolute Gasteiger partial charge is 0.481 e. The molecule has 0 aliphatic heterocycles. The van der Waals surface area contributed by atoms with Gasteiger partial charge in [0.1, 0.15) is 0 Å². The van der Waals surface area contributed by atoms with Crippen molar-refractivity contribution >= 4 is 33.4 Å². The quantitative estimate of drug-likeness (QED) is 0.882. The summed E-state index contributed by atoms with van der Waals surface area (Å²) in [6, 6.07) is 8.02. The highest BCUT2D eigenvalue weighted by Gasteiger charge is 2.29. The van der Waals surface area contributed by atoms with Crippen molar-refractivity contribution in [3.8, 4) is 0 Å². The third kappa shape index (κ3) is 3.88. The van der Waals surface area contributed by atoms with Gasteiger partial charge in [-0.2, -0.15) is 0 Å². The lowest BCUT2D eigenvalue weighted by Crippen LogP contribution is -2.35. The van der Waals surface area contributed by atoms with Crippen LogP contribution in [0.4, 0.5) is 0 Å². The van der Waals surface area contributed by atoms with Crippen LogP contribution in [0.15, 0.2) is 24.3 Å². The Kier molecular flexibility index (Phi) is 4.91. The first-order valence-corrected chi connectivity index (χ1v) is 8.80. The number of carboxylic acids is 1. The predicted molar refractivity (Wildman–Crippen MR) is 89.4 cm³/mol. The first-order chi connectivity index (χ1) is 11.1. The molecule has 0 unspecified atom stereocenters. The maximum absolute atomic E-state index is 12.2. The average Bonchev–Trinajstić information content (AvgIpc) is 2.97. The lowest BCUT2D eigenvalue weighted by molar-refractivity contribution is -0.144. The summed E-state index contributed by atoms with van der Waals surface area (Å²) in [4.78, 5) is 27.6. The molecule has 0 saturated heterocycles. The SMILES string of the molecule is O=C(O)C1CCC(C(=O)NCCc2nc3ccccc3s2)CC1. The van der Waals surface area contributed by atoms with Gasteiger partial charge >= 0.3 is 5.97 Å². The zero-order chi connectivity index (χ0) is 16.2. The Balaban J connectivity index is 1.45. The summed E-state index contributed by atoms with van der Waals surface area (Å²) >= 11 is 1.66. The molecule has 1 aliphatic carbocycles. The van der Waals surface area contributed by atoms with E-state index in [0.29, 0.717) is 32.2 Å². The van der Waals surface area contributed by atoms with E-state index in [-0.39, 0.29) is 17.7 Å². The summed E-state index contributed by atoms with van der Waals surface area (Å²) in [5, 5.41) is 13.0. The molecule has 1 amide bonds. The summed E-state index contributed by atoms with van der Waals surface area (Å²) < 4.78 is 1.17. The smallest absolute Gasteiger partial charge is 0.306 e. The average molecular weight is 332 g/mol. The van der Waals surface area contributed by atoms with Gasteiger partial charge in [-0.1, -0.05) is 12.1 Å². The first-order valence-electron chi connectivity index (χ1n) is 7.98. The Labute approximate surface area is 138 Å². The number of thiazole rings is 1. The number of hydrogen-bond acceptors (Lipinski definition) is 4. The highest BCUT2D eigenvalue weighted by atomic mass is 32.1. The number of carbonyl (C=O) groups is 2. The molecule has 1 aliphatic rings. The summed E-state index contributed by atoms with van der Waals surface area (Å²) in [7, 11) is 0. The van der Waals surface area contributed by atoms with Crippen molar-refractivity contribution in [1.29, 1.82) is 0 Å². The number of benzene rings is 1. The second-order valence-corrected chi connectivity index (χ2v) is 7.12. The fourth-order valence-corrected chi connectivity index (χ4v) is 4.03. The van der Waals surface area contributed by atoms with Crippen LogP contribution in [0.2, 0.25) is 0 Å². The van der Waals surface area contributed by atoms with Crippen molar-refractivity contribution in [2.45, 2.75) is 32.1 Å². The standard InChI is InChI=1S/C17H20N2O3S/c20-16(11-5-7-12(8-6-11)17(21)22)18-10-9-15-19-13-3-1-2-4-14(13)23-15/h1-4,11-12H,5-10H2,(H,18,20)(H,21,22). The van der Waals surface area contributed by atoms with Crippen molar-refractivity contribution in [2.24, 2.45) is 11.8 Å². The van der Waals surface area contributed by atoms with E-state index in [1.54, 1.807) is 11.3 Å². The molecule has 0 spiro atoms. The number of carboxylic acid groups (broad SMARTS) is 1. The van der Waals surface area contributed by atoms with Crippen molar-refractivity contribution in [3.05, 3.63) is 29.3 Å². The Morgan fingerprint density at radius 1 is 1.17 bits per heavy atom. The van der Waals surface area contributed by atoms with E-state index in [1.807, 2.05) is 18.2 Å². The van der Waals surface area contributed by atoms with Crippen LogP contribution >= 0.6 is 11.3 Å². The third-order valence-corrected chi connectivity index (χ3v) is 5.52. The number of hydrogen-bond donors (Lipinski definition) is 2. The maximum atomic E-state index is 12.2. The van der Waals surface area contributed by atoms with Gasteiger partial charge in [-0.25, -0.2) is 4.98 Å². The lowest BCUT2D eigenvalue weighted by atomic mass is 9.81. The molecule has 1 saturated carbocycles. The second kappa shape index (κ2) is 7.08. The van der Waals surface area contributed by atoms with Gasteiger partial charge in [-0.15, -0.1) is 11.3 Å². The van der Waals surface area contributed by atoms with Gasteiger partial charge in [0.25, 0.3) is 0 Å². The van der Waals surface area contributed by atoms with Gasteiger partial charge in [0.05, 0.1) is 21.1 Å². The van der Waals surface area contributed by atoms with Crippen molar-refractivity contribution in [2.75, 3.05) is 6.54 Å². The van der Waals surface area contributed by atoms with E-state index in [2.05, 4.69) is 16.4 Å². The monoisotopic (exact) mass is 332 g/mol. The molecular formula is C17H20N2O3S. The van der Waals surface area contributed by atoms with Crippen LogP contribution in [0.1, 0.15) is 30.7 Å². The summed E-state index contributed by atoms with van der Waals surface area (Å²) in [6.45, 7) is 0.581. The van der Waals surface area contributed by atoms with Crippen LogP contribution in [-0.4, -0.2) is 28.5 Å². The molecular weight excluding hydrogens is 312 g/mol. The molecule has 5 nitrogen and oxygen atoms in total. The number of nitrogens with zero attached hydrogens (tertiary/aromatic N) is 1. The molecule has 1 aromatic carbocycles. The Morgan fingerprint density at radius 2 is 1.87 bits per heavy atom. The number of fused-ring (bicyclic) bond motifs is 1. The lowest BCUT2D eigenvalue weighted by Gasteiger charge is -2.25. The molecule has 1 aromatic heterocycles. The fraction of sp³-hybridized carbons (Fsp3) is 0.471. The number of para-hydroxylation sites is 1. The van der Waals surface area contributed by atoms with Crippen LogP contribution in [0.25, 0.3) is 10.2 Å². The van der Waals surface area contributed by atoms with Gasteiger partial charge in [0, 0.05) is 18.9 Å². The van der Waals surface area contributed by atoms with E-state index in [4.69, 9.17) is 5.11 Å². The molecule has 122 valence electrons. The molecule has 23 heavy (non-hydrogen) atoms. The van der Waals surface area contributed by atoms with Gasteiger partial charge < -0.3 is 10.4 Å². The number of amides is 1. The van der Waals surface area contributed by atoms with Gasteiger partial charge in [-0.3, -0.25) is 9.59 Å². The summed E-state index contributed by atoms with van der Waals surface area (Å²) in [5.74, 6) is -1.00. The first kappa shape index (κ1) is 15.9. The van der Waals surface area contributed by atoms with Gasteiger partial charge in [0.15, 0.2) is 0 Å². The Hall–Kier alpha value is -1.95. The highest BCUT2D eigenvalue weighted by Crippen LogP contribution is 2.29. The van der Waals surface area contributed by atoms with Crippen molar-refractivity contribution in [3.63, 3.8) is 0 Å². The molecule has 1 heterocycles. The van der Waals surface area contributed by atoms with E-state index >= 15 is 0 Å². The Bertz CT molecular complexity index is 672. The highest BCUT2D eigenvalue weighted by molar-refractivity contribution is 7.18. The topological polar surface area (TPSA) is 79.3 Å². The van der Waals surface area contributed by atoms with E-state index in [1.165, 1.54) is 4.70 Å². The van der Waals surface area contributed by atoms with E-state index < -0.39 is 5.97 Å². The number of rotatable bonds is 5.